The Labute approximate surface area is 130 Å². The van der Waals surface area contributed by atoms with Gasteiger partial charge >= 0.3 is 0 Å². The highest BCUT2D eigenvalue weighted by Crippen LogP contribution is 2.23. The number of pyridine rings is 1. The molecule has 0 atom stereocenters. The van der Waals surface area contributed by atoms with Gasteiger partial charge < -0.3 is 14.8 Å². The molecular weight excluding hydrogens is 286 g/mol. The molecule has 0 bridgehead atoms. The van der Waals surface area contributed by atoms with E-state index < -0.39 is 0 Å². The zero-order valence-electron chi connectivity index (χ0n) is 12.4. The summed E-state index contributed by atoms with van der Waals surface area (Å²) in [5, 5.41) is 4.11. The number of fused-ring (bicyclic) bond motifs is 1. The van der Waals surface area contributed by atoms with Gasteiger partial charge in [-0.15, -0.1) is 0 Å². The van der Waals surface area contributed by atoms with Crippen LogP contribution in [0, 0.1) is 0 Å². The van der Waals surface area contributed by atoms with Gasteiger partial charge in [-0.2, -0.15) is 0 Å². The second kappa shape index (κ2) is 6.03. The molecule has 1 aliphatic heterocycles. The van der Waals surface area contributed by atoms with E-state index in [1.807, 2.05) is 12.4 Å². The largest absolute Gasteiger partial charge is 0.347 e. The third-order valence-corrected chi connectivity index (χ3v) is 4.03. The minimum absolute atomic E-state index is 0.431. The normalized spacial score (nSPS) is 14.6. The molecule has 2 aromatic heterocycles. The Kier molecular flexibility index (Phi) is 4.12. The first kappa shape index (κ1) is 14.4. The van der Waals surface area contributed by atoms with Crippen molar-refractivity contribution in [1.29, 1.82) is 0 Å². The number of imidazole rings is 1. The molecule has 0 amide bonds. The second-order valence-electron chi connectivity index (χ2n) is 5.63. The SMILES string of the molecule is CC(C)NCc1cc(N2CCn3ccnc3C2)ncc1Cl. The standard InChI is InChI=1S/C15H20ClN5/c1-11(2)18-8-12-7-14(19-9-13(12)16)21-6-5-20-4-3-17-15(20)10-21/h3-4,7,9,11,18H,5-6,8,10H2,1-2H3. The molecule has 2 aromatic rings. The minimum Gasteiger partial charge on any atom is -0.347 e. The molecule has 5 nitrogen and oxygen atoms in total. The van der Waals surface area contributed by atoms with Crippen LogP contribution in [0.3, 0.4) is 0 Å². The first-order chi connectivity index (χ1) is 10.1. The monoisotopic (exact) mass is 305 g/mol. The van der Waals surface area contributed by atoms with Crippen molar-refractivity contribution in [2.45, 2.75) is 39.5 Å². The maximum Gasteiger partial charge on any atom is 0.129 e. The summed E-state index contributed by atoms with van der Waals surface area (Å²) < 4.78 is 2.19. The van der Waals surface area contributed by atoms with Crippen molar-refractivity contribution < 1.29 is 0 Å². The van der Waals surface area contributed by atoms with Gasteiger partial charge in [0.1, 0.15) is 11.6 Å². The molecule has 21 heavy (non-hydrogen) atoms. The molecule has 6 heteroatoms. The molecule has 0 aliphatic carbocycles. The van der Waals surface area contributed by atoms with Gasteiger partial charge in [0.05, 0.1) is 11.6 Å². The number of anilines is 1. The molecule has 0 spiro atoms. The third kappa shape index (κ3) is 3.19. The van der Waals surface area contributed by atoms with E-state index in [4.69, 9.17) is 11.6 Å². The average molecular weight is 306 g/mol. The Hall–Kier alpha value is -1.59. The van der Waals surface area contributed by atoms with E-state index in [1.165, 1.54) is 0 Å². The topological polar surface area (TPSA) is 46.0 Å². The molecule has 0 radical (unpaired) electrons. The van der Waals surface area contributed by atoms with E-state index in [0.29, 0.717) is 11.1 Å². The van der Waals surface area contributed by atoms with Crippen molar-refractivity contribution >= 4 is 17.4 Å². The Morgan fingerprint density at radius 3 is 3.00 bits per heavy atom. The summed E-state index contributed by atoms with van der Waals surface area (Å²) in [6, 6.07) is 2.51. The fourth-order valence-electron chi connectivity index (χ4n) is 2.46. The van der Waals surface area contributed by atoms with Crippen LogP contribution in [0.4, 0.5) is 5.82 Å². The molecule has 0 aromatic carbocycles. The van der Waals surface area contributed by atoms with Crippen LogP contribution in [0.2, 0.25) is 5.02 Å². The van der Waals surface area contributed by atoms with E-state index in [2.05, 4.69) is 44.7 Å². The van der Waals surface area contributed by atoms with Crippen molar-refractivity contribution in [2.75, 3.05) is 11.4 Å². The fraction of sp³-hybridized carbons (Fsp3) is 0.467. The summed E-state index contributed by atoms with van der Waals surface area (Å²) in [5.41, 5.74) is 1.09. The number of nitrogens with zero attached hydrogens (tertiary/aromatic N) is 4. The van der Waals surface area contributed by atoms with Gasteiger partial charge in [0.15, 0.2) is 0 Å². The van der Waals surface area contributed by atoms with Crippen LogP contribution in [0.5, 0.6) is 0 Å². The van der Waals surface area contributed by atoms with Crippen molar-refractivity contribution in [3.63, 3.8) is 0 Å². The zero-order chi connectivity index (χ0) is 14.8. The summed E-state index contributed by atoms with van der Waals surface area (Å²) in [7, 11) is 0. The number of rotatable bonds is 4. The van der Waals surface area contributed by atoms with Gasteiger partial charge in [0.2, 0.25) is 0 Å². The maximum atomic E-state index is 6.24. The second-order valence-corrected chi connectivity index (χ2v) is 6.04. The van der Waals surface area contributed by atoms with Crippen LogP contribution in [-0.4, -0.2) is 27.1 Å². The molecule has 3 heterocycles. The Morgan fingerprint density at radius 1 is 1.33 bits per heavy atom. The van der Waals surface area contributed by atoms with E-state index in [1.54, 1.807) is 6.20 Å². The van der Waals surface area contributed by atoms with Gasteiger partial charge in [-0.05, 0) is 11.6 Å². The molecule has 0 fully saturated rings. The molecule has 1 N–H and O–H groups in total. The van der Waals surface area contributed by atoms with Gasteiger partial charge in [0, 0.05) is 44.3 Å². The third-order valence-electron chi connectivity index (χ3n) is 3.69. The summed E-state index contributed by atoms with van der Waals surface area (Å²) in [6.45, 7) is 7.68. The van der Waals surface area contributed by atoms with Crippen molar-refractivity contribution in [3.05, 3.63) is 41.1 Å². The lowest BCUT2D eigenvalue weighted by atomic mass is 10.2. The smallest absolute Gasteiger partial charge is 0.129 e. The average Bonchev–Trinajstić information content (AvgIpc) is 2.93. The van der Waals surface area contributed by atoms with E-state index in [0.717, 1.165) is 43.4 Å². The van der Waals surface area contributed by atoms with Crippen molar-refractivity contribution in [3.8, 4) is 0 Å². The Bertz CT molecular complexity index is 622. The molecular formula is C15H20ClN5. The number of nitrogens with one attached hydrogen (secondary N) is 1. The van der Waals surface area contributed by atoms with Crippen LogP contribution in [0.1, 0.15) is 25.2 Å². The van der Waals surface area contributed by atoms with Gasteiger partial charge in [-0.25, -0.2) is 9.97 Å². The number of hydrogen-bond acceptors (Lipinski definition) is 4. The highest BCUT2D eigenvalue weighted by Gasteiger charge is 2.18. The molecule has 112 valence electrons. The van der Waals surface area contributed by atoms with Crippen LogP contribution >= 0.6 is 11.6 Å². The fourth-order valence-corrected chi connectivity index (χ4v) is 2.63. The lowest BCUT2D eigenvalue weighted by Gasteiger charge is -2.29. The number of hydrogen-bond donors (Lipinski definition) is 1. The summed E-state index contributed by atoms with van der Waals surface area (Å²) in [6.07, 6.45) is 5.63. The maximum absolute atomic E-state index is 6.24. The summed E-state index contributed by atoms with van der Waals surface area (Å²) in [4.78, 5) is 11.1. The van der Waals surface area contributed by atoms with E-state index >= 15 is 0 Å². The molecule has 1 aliphatic rings. The predicted molar refractivity (Wildman–Crippen MR) is 84.5 cm³/mol. The zero-order valence-corrected chi connectivity index (χ0v) is 13.1. The van der Waals surface area contributed by atoms with Crippen molar-refractivity contribution in [2.24, 2.45) is 0 Å². The van der Waals surface area contributed by atoms with Gasteiger partial charge in [0.25, 0.3) is 0 Å². The first-order valence-electron chi connectivity index (χ1n) is 7.26. The lowest BCUT2D eigenvalue weighted by Crippen LogP contribution is -2.34. The molecule has 3 rings (SSSR count). The molecule has 0 saturated heterocycles. The first-order valence-corrected chi connectivity index (χ1v) is 7.64. The van der Waals surface area contributed by atoms with Crippen molar-refractivity contribution in [1.82, 2.24) is 19.9 Å². The Balaban J connectivity index is 1.78. The molecule has 0 saturated carbocycles. The lowest BCUT2D eigenvalue weighted by molar-refractivity contribution is 0.555. The van der Waals surface area contributed by atoms with E-state index in [-0.39, 0.29) is 0 Å². The minimum atomic E-state index is 0.431. The van der Waals surface area contributed by atoms with Crippen LogP contribution in [-0.2, 0) is 19.6 Å². The number of halogens is 1. The van der Waals surface area contributed by atoms with Crippen LogP contribution < -0.4 is 10.2 Å². The highest BCUT2D eigenvalue weighted by molar-refractivity contribution is 6.31. The highest BCUT2D eigenvalue weighted by atomic mass is 35.5. The molecule has 0 unspecified atom stereocenters. The van der Waals surface area contributed by atoms with Gasteiger partial charge in [-0.3, -0.25) is 0 Å². The van der Waals surface area contributed by atoms with Crippen LogP contribution in [0.25, 0.3) is 0 Å². The predicted octanol–water partition coefficient (Wildman–Crippen LogP) is 2.45. The van der Waals surface area contributed by atoms with Gasteiger partial charge in [-0.1, -0.05) is 25.4 Å². The summed E-state index contributed by atoms with van der Waals surface area (Å²) in [5.74, 6) is 2.05. The van der Waals surface area contributed by atoms with Crippen LogP contribution in [0.15, 0.2) is 24.7 Å². The number of aromatic nitrogens is 3. The summed E-state index contributed by atoms with van der Waals surface area (Å²) >= 11 is 6.24. The van der Waals surface area contributed by atoms with E-state index in [9.17, 15) is 0 Å². The Morgan fingerprint density at radius 2 is 2.19 bits per heavy atom. The quantitative estimate of drug-likeness (QED) is 0.942.